The highest BCUT2D eigenvalue weighted by atomic mass is 19.4. The first-order valence-electron chi connectivity index (χ1n) is 4.52. The van der Waals surface area contributed by atoms with Crippen molar-refractivity contribution in [2.75, 3.05) is 13.1 Å². The van der Waals surface area contributed by atoms with Crippen molar-refractivity contribution in [1.29, 1.82) is 0 Å². The molecule has 2 nitrogen and oxygen atoms in total. The van der Waals surface area contributed by atoms with Gasteiger partial charge in [0.05, 0.1) is 6.54 Å². The summed E-state index contributed by atoms with van der Waals surface area (Å²) in [5.41, 5.74) is 0. The lowest BCUT2D eigenvalue weighted by atomic mass is 10.2. The van der Waals surface area contributed by atoms with Gasteiger partial charge in [-0.3, -0.25) is 9.69 Å². The van der Waals surface area contributed by atoms with Crippen molar-refractivity contribution in [3.05, 3.63) is 0 Å². The van der Waals surface area contributed by atoms with Crippen LogP contribution < -0.4 is 0 Å². The Morgan fingerprint density at radius 2 is 1.86 bits per heavy atom. The summed E-state index contributed by atoms with van der Waals surface area (Å²) < 4.78 is 36.2. The third kappa shape index (κ3) is 6.88. The summed E-state index contributed by atoms with van der Waals surface area (Å²) in [6.07, 6.45) is -4.02. The van der Waals surface area contributed by atoms with E-state index in [4.69, 9.17) is 0 Å². The van der Waals surface area contributed by atoms with E-state index >= 15 is 0 Å². The predicted octanol–water partition coefficient (Wildman–Crippen LogP) is 2.24. The van der Waals surface area contributed by atoms with Crippen LogP contribution in [-0.4, -0.2) is 36.0 Å². The van der Waals surface area contributed by atoms with Gasteiger partial charge in [-0.15, -0.1) is 0 Å². The standard InChI is InChI=1S/C9H16F3NO/c1-7(2)13(5-4-8(3)14)6-9(10,11)12/h7H,4-6H2,1-3H3. The zero-order valence-electron chi connectivity index (χ0n) is 8.69. The Bertz CT molecular complexity index is 189. The van der Waals surface area contributed by atoms with Crippen LogP contribution in [0.1, 0.15) is 27.2 Å². The van der Waals surface area contributed by atoms with E-state index in [-0.39, 0.29) is 24.8 Å². The van der Waals surface area contributed by atoms with Crippen LogP contribution >= 0.6 is 0 Å². The largest absolute Gasteiger partial charge is 0.401 e. The highest BCUT2D eigenvalue weighted by Gasteiger charge is 2.31. The number of Topliss-reactive ketones (excluding diaryl/α,β-unsaturated/α-hetero) is 1. The van der Waals surface area contributed by atoms with Gasteiger partial charge in [0, 0.05) is 19.0 Å². The minimum atomic E-state index is -4.19. The van der Waals surface area contributed by atoms with Gasteiger partial charge in [0.2, 0.25) is 0 Å². The average molecular weight is 211 g/mol. The van der Waals surface area contributed by atoms with Gasteiger partial charge in [0.15, 0.2) is 0 Å². The molecule has 0 aliphatic heterocycles. The number of rotatable bonds is 5. The van der Waals surface area contributed by atoms with Crippen LogP contribution in [-0.2, 0) is 4.79 Å². The Labute approximate surface area is 82.1 Å². The summed E-state index contributed by atoms with van der Waals surface area (Å²) in [5, 5.41) is 0. The molecule has 0 aromatic heterocycles. The molecule has 14 heavy (non-hydrogen) atoms. The van der Waals surface area contributed by atoms with Gasteiger partial charge < -0.3 is 0 Å². The number of nitrogens with zero attached hydrogens (tertiary/aromatic N) is 1. The number of ketones is 1. The highest BCUT2D eigenvalue weighted by Crippen LogP contribution is 2.18. The Kier molecular flexibility index (Phi) is 5.12. The molecule has 0 unspecified atom stereocenters. The second-order valence-corrected chi connectivity index (χ2v) is 3.63. The molecule has 84 valence electrons. The Morgan fingerprint density at radius 3 is 2.14 bits per heavy atom. The van der Waals surface area contributed by atoms with Gasteiger partial charge in [-0.1, -0.05) is 0 Å². The van der Waals surface area contributed by atoms with E-state index in [1.54, 1.807) is 13.8 Å². The zero-order chi connectivity index (χ0) is 11.4. The number of carbonyl (C=O) groups excluding carboxylic acids is 1. The summed E-state index contributed by atoms with van der Waals surface area (Å²) in [4.78, 5) is 11.9. The van der Waals surface area contributed by atoms with Crippen LogP contribution in [0.25, 0.3) is 0 Å². The molecule has 0 radical (unpaired) electrons. The quantitative estimate of drug-likeness (QED) is 0.695. The second-order valence-electron chi connectivity index (χ2n) is 3.63. The van der Waals surface area contributed by atoms with Gasteiger partial charge in [-0.25, -0.2) is 0 Å². The molecule has 0 amide bonds. The van der Waals surface area contributed by atoms with E-state index < -0.39 is 12.7 Å². The van der Waals surface area contributed by atoms with Crippen LogP contribution in [0.4, 0.5) is 13.2 Å². The number of carbonyl (C=O) groups is 1. The molecule has 0 spiro atoms. The number of hydrogen-bond donors (Lipinski definition) is 0. The van der Waals surface area contributed by atoms with Crippen molar-refractivity contribution in [3.63, 3.8) is 0 Å². The van der Waals surface area contributed by atoms with Crippen LogP contribution in [0.3, 0.4) is 0 Å². The minimum Gasteiger partial charge on any atom is -0.300 e. The van der Waals surface area contributed by atoms with E-state index in [2.05, 4.69) is 0 Å². The summed E-state index contributed by atoms with van der Waals surface area (Å²) in [5.74, 6) is -0.0853. The number of hydrogen-bond acceptors (Lipinski definition) is 2. The lowest BCUT2D eigenvalue weighted by Crippen LogP contribution is -2.40. The van der Waals surface area contributed by atoms with Crippen molar-refractivity contribution in [2.24, 2.45) is 0 Å². The molecule has 0 rings (SSSR count). The molecule has 0 fully saturated rings. The topological polar surface area (TPSA) is 20.3 Å². The summed E-state index contributed by atoms with van der Waals surface area (Å²) in [6.45, 7) is 3.98. The fourth-order valence-corrected chi connectivity index (χ4v) is 1.05. The molecule has 0 aromatic carbocycles. The lowest BCUT2D eigenvalue weighted by Gasteiger charge is -2.26. The molecule has 0 aromatic rings. The summed E-state index contributed by atoms with van der Waals surface area (Å²) in [6, 6.07) is -0.198. The van der Waals surface area contributed by atoms with Crippen LogP contribution in [0.2, 0.25) is 0 Å². The summed E-state index contributed by atoms with van der Waals surface area (Å²) in [7, 11) is 0. The van der Waals surface area contributed by atoms with Crippen LogP contribution in [0.15, 0.2) is 0 Å². The van der Waals surface area contributed by atoms with E-state index in [1.807, 2.05) is 0 Å². The van der Waals surface area contributed by atoms with Gasteiger partial charge in [-0.05, 0) is 20.8 Å². The Balaban J connectivity index is 4.10. The SMILES string of the molecule is CC(=O)CCN(CC(F)(F)F)C(C)C. The molecular weight excluding hydrogens is 195 g/mol. The third-order valence-electron chi connectivity index (χ3n) is 1.86. The maximum atomic E-state index is 12.1. The second kappa shape index (κ2) is 5.34. The molecule has 5 heteroatoms. The smallest absolute Gasteiger partial charge is 0.300 e. The van der Waals surface area contributed by atoms with Crippen LogP contribution in [0.5, 0.6) is 0 Å². The predicted molar refractivity (Wildman–Crippen MR) is 48.1 cm³/mol. The molecule has 0 saturated heterocycles. The molecule has 0 heterocycles. The van der Waals surface area contributed by atoms with E-state index in [1.165, 1.54) is 11.8 Å². The zero-order valence-corrected chi connectivity index (χ0v) is 8.69. The first-order valence-corrected chi connectivity index (χ1v) is 4.52. The maximum absolute atomic E-state index is 12.1. The fraction of sp³-hybridized carbons (Fsp3) is 0.889. The van der Waals surface area contributed by atoms with Crippen molar-refractivity contribution >= 4 is 5.78 Å². The Morgan fingerprint density at radius 1 is 1.36 bits per heavy atom. The van der Waals surface area contributed by atoms with Crippen molar-refractivity contribution < 1.29 is 18.0 Å². The number of alkyl halides is 3. The van der Waals surface area contributed by atoms with E-state index in [0.29, 0.717) is 0 Å². The van der Waals surface area contributed by atoms with E-state index in [0.717, 1.165) is 0 Å². The molecular formula is C9H16F3NO. The van der Waals surface area contributed by atoms with Gasteiger partial charge in [0.1, 0.15) is 5.78 Å². The maximum Gasteiger partial charge on any atom is 0.401 e. The van der Waals surface area contributed by atoms with Crippen molar-refractivity contribution in [3.8, 4) is 0 Å². The molecule has 0 aliphatic carbocycles. The van der Waals surface area contributed by atoms with Crippen LogP contribution in [0, 0.1) is 0 Å². The highest BCUT2D eigenvalue weighted by molar-refractivity contribution is 5.75. The van der Waals surface area contributed by atoms with Gasteiger partial charge in [0.25, 0.3) is 0 Å². The molecule has 0 saturated carbocycles. The van der Waals surface area contributed by atoms with E-state index in [9.17, 15) is 18.0 Å². The van der Waals surface area contributed by atoms with Crippen molar-refractivity contribution in [1.82, 2.24) is 4.90 Å². The lowest BCUT2D eigenvalue weighted by molar-refractivity contribution is -0.150. The third-order valence-corrected chi connectivity index (χ3v) is 1.86. The molecule has 0 atom stereocenters. The minimum absolute atomic E-state index is 0.0853. The fourth-order valence-electron chi connectivity index (χ4n) is 1.05. The van der Waals surface area contributed by atoms with Crippen molar-refractivity contribution in [2.45, 2.75) is 39.4 Å². The first-order chi connectivity index (χ1) is 6.22. The first kappa shape index (κ1) is 13.4. The Hall–Kier alpha value is -0.580. The van der Waals surface area contributed by atoms with Gasteiger partial charge >= 0.3 is 6.18 Å². The van der Waals surface area contributed by atoms with Gasteiger partial charge in [-0.2, -0.15) is 13.2 Å². The average Bonchev–Trinajstić information content (AvgIpc) is 1.94. The summed E-state index contributed by atoms with van der Waals surface area (Å²) >= 11 is 0. The molecule has 0 aliphatic rings. The number of halogens is 3. The normalized spacial score (nSPS) is 12.6. The monoisotopic (exact) mass is 211 g/mol. The molecule has 0 bridgehead atoms. The molecule has 0 N–H and O–H groups in total.